The summed E-state index contributed by atoms with van der Waals surface area (Å²) < 4.78 is 27.0. The molecule has 3 aromatic rings. The van der Waals surface area contributed by atoms with Crippen molar-refractivity contribution in [2.24, 2.45) is 0 Å². The highest BCUT2D eigenvalue weighted by Gasteiger charge is 2.32. The largest absolute Gasteiger partial charge is 0.477 e. The van der Waals surface area contributed by atoms with Crippen LogP contribution < -0.4 is 5.32 Å². The van der Waals surface area contributed by atoms with Crippen LogP contribution in [-0.4, -0.2) is 43.6 Å². The molecule has 0 spiro atoms. The minimum Gasteiger partial charge on any atom is -0.477 e. The van der Waals surface area contributed by atoms with Gasteiger partial charge >= 0.3 is 5.97 Å². The molecule has 1 aliphatic rings. The summed E-state index contributed by atoms with van der Waals surface area (Å²) in [5.41, 5.74) is 1.40. The fraction of sp³-hybridized carbons (Fsp3) is 0.0870. The van der Waals surface area contributed by atoms with E-state index < -0.39 is 17.6 Å². The Morgan fingerprint density at radius 3 is 2.63 bits per heavy atom. The Kier molecular flexibility index (Phi) is 7.34. The molecule has 1 aromatic carbocycles. The van der Waals surface area contributed by atoms with Crippen LogP contribution in [0.15, 0.2) is 52.9 Å². The zero-order valence-corrected chi connectivity index (χ0v) is 20.1. The van der Waals surface area contributed by atoms with E-state index in [-0.39, 0.29) is 30.5 Å². The summed E-state index contributed by atoms with van der Waals surface area (Å²) in [5, 5.41) is 13.2. The number of anilines is 1. The number of aromatic carboxylic acids is 1. The number of rotatable bonds is 7. The topological polar surface area (TPSA) is 99.6 Å². The van der Waals surface area contributed by atoms with Crippen LogP contribution >= 0.6 is 35.3 Å². The minimum atomic E-state index is -1.17. The van der Waals surface area contributed by atoms with Crippen LogP contribution in [0.2, 0.25) is 0 Å². The zero-order valence-electron chi connectivity index (χ0n) is 17.7. The van der Waals surface area contributed by atoms with Crippen LogP contribution in [0.25, 0.3) is 17.2 Å². The molecule has 0 saturated carbocycles. The number of pyridine rings is 1. The maximum Gasteiger partial charge on any atom is 0.354 e. The Morgan fingerprint density at radius 2 is 1.94 bits per heavy atom. The van der Waals surface area contributed by atoms with Crippen molar-refractivity contribution in [3.63, 3.8) is 0 Å². The van der Waals surface area contributed by atoms with E-state index in [1.54, 1.807) is 17.5 Å². The van der Waals surface area contributed by atoms with Gasteiger partial charge < -0.3 is 10.4 Å². The number of hydrogen-bond acceptors (Lipinski definition) is 7. The molecule has 4 rings (SSSR count). The summed E-state index contributed by atoms with van der Waals surface area (Å²) in [6, 6.07) is 8.11. The summed E-state index contributed by atoms with van der Waals surface area (Å²) in [5.74, 6) is -3.75. The van der Waals surface area contributed by atoms with Crippen LogP contribution in [0.5, 0.6) is 0 Å². The smallest absolute Gasteiger partial charge is 0.354 e. The van der Waals surface area contributed by atoms with Gasteiger partial charge in [0.1, 0.15) is 10.0 Å². The van der Waals surface area contributed by atoms with Crippen LogP contribution in [0, 0.1) is 11.6 Å². The van der Waals surface area contributed by atoms with Gasteiger partial charge in [0.2, 0.25) is 5.91 Å². The van der Waals surface area contributed by atoms with Crippen molar-refractivity contribution >= 4 is 69.2 Å². The highest BCUT2D eigenvalue weighted by molar-refractivity contribution is 8.26. The van der Waals surface area contributed by atoms with Gasteiger partial charge in [-0.15, -0.1) is 11.3 Å². The van der Waals surface area contributed by atoms with Gasteiger partial charge in [0.25, 0.3) is 5.91 Å². The second-order valence-electron chi connectivity index (χ2n) is 7.24. The highest BCUT2D eigenvalue weighted by Crippen LogP contribution is 2.35. The summed E-state index contributed by atoms with van der Waals surface area (Å²) in [6.45, 7) is 0.0685. The van der Waals surface area contributed by atoms with E-state index in [1.807, 2.05) is 0 Å². The number of carbonyl (C=O) groups is 3. The first-order chi connectivity index (χ1) is 16.7. The van der Waals surface area contributed by atoms with E-state index in [9.17, 15) is 23.2 Å². The number of thiocarbonyl (C=S) groups is 1. The monoisotopic (exact) mass is 531 g/mol. The third-order valence-electron chi connectivity index (χ3n) is 4.85. The van der Waals surface area contributed by atoms with Gasteiger partial charge in [-0.2, -0.15) is 0 Å². The molecule has 1 fully saturated rings. The number of hydrogen-bond donors (Lipinski definition) is 2. The second-order valence-corrected chi connectivity index (χ2v) is 9.85. The predicted molar refractivity (Wildman–Crippen MR) is 134 cm³/mol. The number of thioether (sulfide) groups is 1. The van der Waals surface area contributed by atoms with Gasteiger partial charge in [-0.3, -0.25) is 14.5 Å². The first kappa shape index (κ1) is 24.6. The van der Waals surface area contributed by atoms with Gasteiger partial charge in [-0.1, -0.05) is 30.0 Å². The number of carboxylic acid groups (broad SMARTS) is 1. The Morgan fingerprint density at radius 1 is 1.14 bits per heavy atom. The first-order valence-corrected chi connectivity index (χ1v) is 12.1. The number of nitrogens with zero attached hydrogens (tertiary/aromatic N) is 2. The molecule has 0 radical (unpaired) electrons. The molecular formula is C23H15F2N3O4S3. The molecule has 0 aliphatic carbocycles. The molecule has 3 heterocycles. The lowest BCUT2D eigenvalue weighted by Gasteiger charge is -2.14. The molecule has 12 heteroatoms. The number of carbonyl (C=O) groups excluding carboxylic acids is 2. The molecule has 7 nitrogen and oxygen atoms in total. The lowest BCUT2D eigenvalue weighted by atomic mass is 10.1. The number of nitrogens with one attached hydrogen (secondary N) is 1. The SMILES string of the molecule is O=C(CCN1C(=O)/C(=C/c2cc(-c3ccc(F)c(F)c3)cs2)SC1=S)Nc1ccc(C(=O)O)nc1. The van der Waals surface area contributed by atoms with Gasteiger partial charge in [0.15, 0.2) is 11.6 Å². The lowest BCUT2D eigenvalue weighted by molar-refractivity contribution is -0.122. The number of aromatic nitrogens is 1. The van der Waals surface area contributed by atoms with Crippen molar-refractivity contribution in [2.45, 2.75) is 6.42 Å². The Hall–Kier alpha value is -3.48. The number of benzene rings is 1. The van der Waals surface area contributed by atoms with Gasteiger partial charge in [-0.05, 0) is 52.9 Å². The number of amides is 2. The summed E-state index contributed by atoms with van der Waals surface area (Å²) in [7, 11) is 0. The highest BCUT2D eigenvalue weighted by atomic mass is 32.2. The molecule has 2 N–H and O–H groups in total. The number of carboxylic acids is 1. The molecule has 0 atom stereocenters. The fourth-order valence-electron chi connectivity index (χ4n) is 3.11. The fourth-order valence-corrected chi connectivity index (χ4v) is 5.33. The molecule has 2 aromatic heterocycles. The van der Waals surface area contributed by atoms with E-state index in [0.29, 0.717) is 26.0 Å². The quantitative estimate of drug-likeness (QED) is 0.326. The predicted octanol–water partition coefficient (Wildman–Crippen LogP) is 5.02. The zero-order chi connectivity index (χ0) is 25.1. The average Bonchev–Trinajstić information content (AvgIpc) is 3.39. The molecule has 178 valence electrons. The standard InChI is InChI=1S/C23H15F2N3O4S3/c24-16-3-1-12(8-17(16)25)13-7-15(34-11-13)9-19-21(30)28(23(33)35-19)6-5-20(29)27-14-2-4-18(22(31)32)26-10-14/h1-4,7-11H,5-6H2,(H,27,29)(H,31,32)/b19-9-. The minimum absolute atomic E-state index is 0.0281. The summed E-state index contributed by atoms with van der Waals surface area (Å²) in [6.07, 6.45) is 2.88. The summed E-state index contributed by atoms with van der Waals surface area (Å²) >= 11 is 7.75. The lowest BCUT2D eigenvalue weighted by Crippen LogP contribution is -2.31. The van der Waals surface area contributed by atoms with E-state index in [0.717, 1.165) is 28.8 Å². The van der Waals surface area contributed by atoms with E-state index >= 15 is 0 Å². The first-order valence-electron chi connectivity index (χ1n) is 10.00. The van der Waals surface area contributed by atoms with Crippen molar-refractivity contribution in [3.8, 4) is 11.1 Å². The molecule has 1 saturated heterocycles. The number of halogens is 2. The van der Waals surface area contributed by atoms with Gasteiger partial charge in [-0.25, -0.2) is 18.6 Å². The Balaban J connectivity index is 1.37. The van der Waals surface area contributed by atoms with Crippen LogP contribution in [-0.2, 0) is 9.59 Å². The third-order valence-corrected chi connectivity index (χ3v) is 7.11. The maximum absolute atomic E-state index is 13.5. The van der Waals surface area contributed by atoms with Crippen LogP contribution in [0.3, 0.4) is 0 Å². The second kappa shape index (κ2) is 10.4. The summed E-state index contributed by atoms with van der Waals surface area (Å²) in [4.78, 5) is 42.1. The number of thiophene rings is 1. The van der Waals surface area contributed by atoms with Crippen molar-refractivity contribution in [1.29, 1.82) is 0 Å². The van der Waals surface area contributed by atoms with Crippen molar-refractivity contribution < 1.29 is 28.3 Å². The van der Waals surface area contributed by atoms with Crippen LogP contribution in [0.4, 0.5) is 14.5 Å². The van der Waals surface area contributed by atoms with Crippen molar-refractivity contribution in [1.82, 2.24) is 9.88 Å². The molecule has 2 amide bonds. The van der Waals surface area contributed by atoms with Crippen LogP contribution in [0.1, 0.15) is 21.8 Å². The molecule has 1 aliphatic heterocycles. The van der Waals surface area contributed by atoms with E-state index in [2.05, 4.69) is 10.3 Å². The Bertz CT molecular complexity index is 1370. The molecule has 0 bridgehead atoms. The third kappa shape index (κ3) is 5.78. The van der Waals surface area contributed by atoms with Crippen molar-refractivity contribution in [2.75, 3.05) is 11.9 Å². The van der Waals surface area contributed by atoms with Crippen molar-refractivity contribution in [3.05, 3.63) is 75.1 Å². The molecule has 0 unspecified atom stereocenters. The van der Waals surface area contributed by atoms with Gasteiger partial charge in [0.05, 0.1) is 16.8 Å². The Labute approximate surface area is 211 Å². The normalized spacial score (nSPS) is 14.6. The van der Waals surface area contributed by atoms with Gasteiger partial charge in [0, 0.05) is 17.8 Å². The molecular weight excluding hydrogens is 516 g/mol. The van der Waals surface area contributed by atoms with E-state index in [1.165, 1.54) is 40.6 Å². The maximum atomic E-state index is 13.5. The molecule has 35 heavy (non-hydrogen) atoms. The van der Waals surface area contributed by atoms with E-state index in [4.69, 9.17) is 17.3 Å². The average molecular weight is 532 g/mol.